The second kappa shape index (κ2) is 10.8. The van der Waals surface area contributed by atoms with Crippen molar-refractivity contribution < 1.29 is 14.6 Å². The first-order valence-electron chi connectivity index (χ1n) is 10.1. The SMILES string of the molecule is COCCCC[C@@](O)(c1cccc(Cl)c1-c1cccc(SC)c1)[C@H]1CNCCO1. The highest BCUT2D eigenvalue weighted by Gasteiger charge is 2.41. The van der Waals surface area contributed by atoms with Gasteiger partial charge in [0.1, 0.15) is 11.7 Å². The van der Waals surface area contributed by atoms with Crippen LogP contribution in [-0.4, -0.2) is 50.9 Å². The summed E-state index contributed by atoms with van der Waals surface area (Å²) < 4.78 is 11.2. The number of aliphatic hydroxyl groups is 1. The molecular weight excluding hydrogens is 406 g/mol. The molecule has 1 aliphatic heterocycles. The minimum absolute atomic E-state index is 0.334. The molecule has 1 saturated heterocycles. The second-order valence-corrected chi connectivity index (χ2v) is 8.62. The number of hydrogen-bond donors (Lipinski definition) is 2. The lowest BCUT2D eigenvalue weighted by Crippen LogP contribution is -2.51. The Morgan fingerprint density at radius 3 is 2.83 bits per heavy atom. The number of nitrogens with one attached hydrogen (secondary N) is 1. The largest absolute Gasteiger partial charge is 0.385 e. The lowest BCUT2D eigenvalue weighted by molar-refractivity contribution is -0.129. The molecule has 1 fully saturated rings. The fraction of sp³-hybridized carbons (Fsp3) is 0.478. The van der Waals surface area contributed by atoms with E-state index in [0.29, 0.717) is 31.2 Å². The van der Waals surface area contributed by atoms with Crippen LogP contribution >= 0.6 is 23.4 Å². The molecule has 0 spiro atoms. The van der Waals surface area contributed by atoms with Crippen molar-refractivity contribution in [3.8, 4) is 11.1 Å². The highest BCUT2D eigenvalue weighted by molar-refractivity contribution is 7.98. The van der Waals surface area contributed by atoms with Crippen LogP contribution in [0.5, 0.6) is 0 Å². The molecule has 0 radical (unpaired) electrons. The van der Waals surface area contributed by atoms with Gasteiger partial charge in [-0.15, -0.1) is 11.8 Å². The number of benzene rings is 2. The molecule has 4 nitrogen and oxygen atoms in total. The van der Waals surface area contributed by atoms with Crippen LogP contribution < -0.4 is 5.32 Å². The summed E-state index contributed by atoms with van der Waals surface area (Å²) in [5.41, 5.74) is 1.58. The fourth-order valence-corrected chi connectivity index (χ4v) is 4.68. The Balaban J connectivity index is 2.05. The number of rotatable bonds is 9. The van der Waals surface area contributed by atoms with Crippen molar-refractivity contribution in [3.05, 3.63) is 53.1 Å². The number of methoxy groups -OCH3 is 1. The first-order valence-corrected chi connectivity index (χ1v) is 11.7. The molecule has 0 saturated carbocycles. The zero-order valence-corrected chi connectivity index (χ0v) is 18.7. The summed E-state index contributed by atoms with van der Waals surface area (Å²) in [6.07, 6.45) is 4.02. The van der Waals surface area contributed by atoms with E-state index in [1.54, 1.807) is 18.9 Å². The van der Waals surface area contributed by atoms with Gasteiger partial charge in [0.2, 0.25) is 0 Å². The normalized spacial score (nSPS) is 19.1. The summed E-state index contributed by atoms with van der Waals surface area (Å²) in [4.78, 5) is 1.16. The quantitative estimate of drug-likeness (QED) is 0.440. The van der Waals surface area contributed by atoms with E-state index in [4.69, 9.17) is 21.1 Å². The number of ether oxygens (including phenoxy) is 2. The number of unbranched alkanes of at least 4 members (excludes halogenated alkanes) is 1. The number of halogens is 1. The maximum absolute atomic E-state index is 12.0. The molecule has 0 unspecified atom stereocenters. The zero-order chi connectivity index (χ0) is 20.7. The van der Waals surface area contributed by atoms with Gasteiger partial charge in [-0.3, -0.25) is 0 Å². The van der Waals surface area contributed by atoms with E-state index in [1.807, 2.05) is 24.3 Å². The van der Waals surface area contributed by atoms with Gasteiger partial charge in [0, 0.05) is 42.3 Å². The Hall–Kier alpha value is -1.08. The first kappa shape index (κ1) is 22.6. The molecule has 6 heteroatoms. The summed E-state index contributed by atoms with van der Waals surface area (Å²) >= 11 is 8.38. The van der Waals surface area contributed by atoms with Gasteiger partial charge in [0.05, 0.1) is 6.61 Å². The molecule has 0 bridgehead atoms. The molecule has 3 rings (SSSR count). The van der Waals surface area contributed by atoms with Crippen LogP contribution in [0.15, 0.2) is 47.4 Å². The molecular formula is C23H30ClNO3S. The van der Waals surface area contributed by atoms with Crippen molar-refractivity contribution in [2.24, 2.45) is 0 Å². The Morgan fingerprint density at radius 1 is 1.28 bits per heavy atom. The molecule has 2 atom stereocenters. The van der Waals surface area contributed by atoms with E-state index >= 15 is 0 Å². The summed E-state index contributed by atoms with van der Waals surface area (Å²) in [7, 11) is 1.70. The van der Waals surface area contributed by atoms with Crippen LogP contribution in [0, 0.1) is 0 Å². The smallest absolute Gasteiger partial charge is 0.118 e. The van der Waals surface area contributed by atoms with E-state index in [-0.39, 0.29) is 6.10 Å². The van der Waals surface area contributed by atoms with Crippen molar-refractivity contribution in [3.63, 3.8) is 0 Å². The second-order valence-electron chi connectivity index (χ2n) is 7.33. The predicted molar refractivity (Wildman–Crippen MR) is 121 cm³/mol. The topological polar surface area (TPSA) is 50.7 Å². The van der Waals surface area contributed by atoms with Crippen LogP contribution in [0.1, 0.15) is 24.8 Å². The Labute approximate surface area is 182 Å². The molecule has 158 valence electrons. The number of thioether (sulfide) groups is 1. The molecule has 2 aromatic carbocycles. The minimum atomic E-state index is -1.14. The van der Waals surface area contributed by atoms with Crippen molar-refractivity contribution in [1.29, 1.82) is 0 Å². The van der Waals surface area contributed by atoms with Crippen LogP contribution in [0.25, 0.3) is 11.1 Å². The van der Waals surface area contributed by atoms with Crippen molar-refractivity contribution >= 4 is 23.4 Å². The van der Waals surface area contributed by atoms with Crippen LogP contribution in [-0.2, 0) is 15.1 Å². The van der Waals surface area contributed by atoms with Gasteiger partial charge in [-0.25, -0.2) is 0 Å². The average molecular weight is 436 g/mol. The van der Waals surface area contributed by atoms with E-state index in [0.717, 1.165) is 41.0 Å². The van der Waals surface area contributed by atoms with Crippen LogP contribution in [0.3, 0.4) is 0 Å². The predicted octanol–water partition coefficient (Wildman–Crippen LogP) is 4.72. The summed E-state index contributed by atoms with van der Waals surface area (Å²) in [6.45, 7) is 2.67. The third-order valence-corrected chi connectivity index (χ3v) is 6.50. The summed E-state index contributed by atoms with van der Waals surface area (Å²) in [5, 5.41) is 16.0. The fourth-order valence-electron chi connectivity index (χ4n) is 3.94. The van der Waals surface area contributed by atoms with Gasteiger partial charge in [0.15, 0.2) is 0 Å². The zero-order valence-electron chi connectivity index (χ0n) is 17.1. The number of hydrogen-bond acceptors (Lipinski definition) is 5. The summed E-state index contributed by atoms with van der Waals surface area (Å²) in [6, 6.07) is 14.1. The molecule has 0 aliphatic carbocycles. The van der Waals surface area contributed by atoms with Crippen molar-refractivity contribution in [1.82, 2.24) is 5.32 Å². The monoisotopic (exact) mass is 435 g/mol. The molecule has 0 aromatic heterocycles. The van der Waals surface area contributed by atoms with Gasteiger partial charge in [-0.05, 0) is 54.8 Å². The molecule has 0 amide bonds. The molecule has 29 heavy (non-hydrogen) atoms. The molecule has 1 aliphatic rings. The third kappa shape index (κ3) is 5.35. The van der Waals surface area contributed by atoms with E-state index in [1.165, 1.54) is 0 Å². The molecule has 1 heterocycles. The van der Waals surface area contributed by atoms with E-state index < -0.39 is 5.60 Å². The van der Waals surface area contributed by atoms with Crippen LogP contribution in [0.4, 0.5) is 0 Å². The van der Waals surface area contributed by atoms with E-state index in [9.17, 15) is 5.11 Å². The maximum Gasteiger partial charge on any atom is 0.118 e. The number of morpholine rings is 1. The molecule has 2 aromatic rings. The van der Waals surface area contributed by atoms with E-state index in [2.05, 4.69) is 29.8 Å². The van der Waals surface area contributed by atoms with Gasteiger partial charge in [0.25, 0.3) is 0 Å². The van der Waals surface area contributed by atoms with Crippen molar-refractivity contribution in [2.45, 2.75) is 35.9 Å². The maximum atomic E-state index is 12.0. The van der Waals surface area contributed by atoms with Gasteiger partial charge in [-0.1, -0.05) is 35.9 Å². The third-order valence-electron chi connectivity index (χ3n) is 5.46. The standard InChI is InChI=1S/C23H30ClNO3S/c1-27-13-4-3-11-23(26,21-16-25-12-14-28-21)19-9-6-10-20(24)22(19)17-7-5-8-18(15-17)29-2/h5-10,15,21,25-26H,3-4,11-14,16H2,1-2H3/t21-,23-/m1/s1. The minimum Gasteiger partial charge on any atom is -0.385 e. The Bertz CT molecular complexity index is 797. The van der Waals surface area contributed by atoms with Crippen LogP contribution in [0.2, 0.25) is 5.02 Å². The van der Waals surface area contributed by atoms with Gasteiger partial charge < -0.3 is 19.9 Å². The first-order chi connectivity index (χ1) is 14.1. The molecule has 2 N–H and O–H groups in total. The summed E-state index contributed by atoms with van der Waals surface area (Å²) in [5.74, 6) is 0. The van der Waals surface area contributed by atoms with Gasteiger partial charge in [-0.2, -0.15) is 0 Å². The Kier molecular flexibility index (Phi) is 8.42. The lowest BCUT2D eigenvalue weighted by atomic mass is 9.79. The van der Waals surface area contributed by atoms with Gasteiger partial charge >= 0.3 is 0 Å². The highest BCUT2D eigenvalue weighted by Crippen LogP contribution is 2.42. The average Bonchev–Trinajstić information content (AvgIpc) is 2.77. The van der Waals surface area contributed by atoms with Crippen molar-refractivity contribution in [2.75, 3.05) is 39.7 Å². The Morgan fingerprint density at radius 2 is 2.10 bits per heavy atom. The highest BCUT2D eigenvalue weighted by atomic mass is 35.5. The lowest BCUT2D eigenvalue weighted by Gasteiger charge is -2.40.